The molecular weight excluding hydrogens is 342 g/mol. The van der Waals surface area contributed by atoms with Crippen LogP contribution in [-0.4, -0.2) is 18.2 Å². The Morgan fingerprint density at radius 2 is 2.00 bits per heavy atom. The Kier molecular flexibility index (Phi) is 5.94. The summed E-state index contributed by atoms with van der Waals surface area (Å²) >= 11 is 6.63. The summed E-state index contributed by atoms with van der Waals surface area (Å²) < 4.78 is 0.984. The van der Waals surface area contributed by atoms with Gasteiger partial charge >= 0.3 is 0 Å². The number of carbonyl (C=O) groups is 1. The molecule has 2 aromatic rings. The molecule has 0 aliphatic heterocycles. The predicted octanol–water partition coefficient (Wildman–Crippen LogP) is 4.42. The fraction of sp³-hybridized carbons (Fsp3) is 0.214. The zero-order valence-corrected chi connectivity index (χ0v) is 13.5. The van der Waals surface area contributed by atoms with E-state index >= 15 is 0 Å². The molecule has 0 aliphatic rings. The van der Waals surface area contributed by atoms with Gasteiger partial charge in [-0.15, -0.1) is 23.1 Å². The Balaban J connectivity index is 1.63. The van der Waals surface area contributed by atoms with E-state index in [1.807, 2.05) is 42.1 Å². The van der Waals surface area contributed by atoms with Crippen molar-refractivity contribution in [2.75, 3.05) is 12.3 Å². The van der Waals surface area contributed by atoms with Crippen LogP contribution >= 0.6 is 39.0 Å². The van der Waals surface area contributed by atoms with E-state index in [0.29, 0.717) is 6.54 Å². The number of hydrogen-bond donors (Lipinski definition) is 1. The lowest BCUT2D eigenvalue weighted by Crippen LogP contribution is -2.23. The molecule has 2 nitrogen and oxygen atoms in total. The molecule has 19 heavy (non-hydrogen) atoms. The number of hydrogen-bond acceptors (Lipinski definition) is 3. The van der Waals surface area contributed by atoms with Crippen LogP contribution in [-0.2, 0) is 0 Å². The third-order valence-corrected chi connectivity index (χ3v) is 5.14. The van der Waals surface area contributed by atoms with Gasteiger partial charge in [-0.2, -0.15) is 0 Å². The maximum atomic E-state index is 11.8. The minimum Gasteiger partial charge on any atom is -0.351 e. The molecule has 0 radical (unpaired) electrons. The summed E-state index contributed by atoms with van der Waals surface area (Å²) in [5.41, 5.74) is 0. The van der Waals surface area contributed by atoms with Crippen molar-refractivity contribution in [2.24, 2.45) is 0 Å². The molecule has 0 aliphatic carbocycles. The topological polar surface area (TPSA) is 29.1 Å². The number of thioether (sulfide) groups is 1. The first-order valence-electron chi connectivity index (χ1n) is 5.97. The second kappa shape index (κ2) is 7.72. The Morgan fingerprint density at radius 3 is 2.68 bits per heavy atom. The van der Waals surface area contributed by atoms with Gasteiger partial charge in [0.1, 0.15) is 0 Å². The zero-order valence-electron chi connectivity index (χ0n) is 10.3. The van der Waals surface area contributed by atoms with Gasteiger partial charge in [0, 0.05) is 11.4 Å². The van der Waals surface area contributed by atoms with Crippen molar-refractivity contribution < 1.29 is 4.79 Å². The van der Waals surface area contributed by atoms with Crippen molar-refractivity contribution in [2.45, 2.75) is 11.3 Å². The van der Waals surface area contributed by atoms with Gasteiger partial charge in [0.05, 0.1) is 8.66 Å². The Hall–Kier alpha value is -0.780. The van der Waals surface area contributed by atoms with Gasteiger partial charge in [-0.05, 0) is 52.4 Å². The number of amides is 1. The van der Waals surface area contributed by atoms with Crippen molar-refractivity contribution in [3.8, 4) is 0 Å². The van der Waals surface area contributed by atoms with Crippen LogP contribution in [0.4, 0.5) is 0 Å². The van der Waals surface area contributed by atoms with Crippen LogP contribution in [0.2, 0.25) is 0 Å². The lowest BCUT2D eigenvalue weighted by molar-refractivity contribution is 0.0958. The van der Waals surface area contributed by atoms with E-state index in [-0.39, 0.29) is 5.91 Å². The van der Waals surface area contributed by atoms with Gasteiger partial charge in [0.15, 0.2) is 0 Å². The number of rotatable bonds is 6. The molecule has 1 amide bonds. The Morgan fingerprint density at radius 1 is 1.21 bits per heavy atom. The van der Waals surface area contributed by atoms with E-state index in [1.54, 1.807) is 0 Å². The molecule has 0 unspecified atom stereocenters. The second-order valence-corrected chi connectivity index (χ2v) is 7.51. The number of nitrogens with one attached hydrogen (secondary N) is 1. The molecular formula is C14H14BrNOS2. The van der Waals surface area contributed by atoms with Crippen molar-refractivity contribution >= 4 is 44.9 Å². The molecule has 1 N–H and O–H groups in total. The van der Waals surface area contributed by atoms with E-state index < -0.39 is 0 Å². The van der Waals surface area contributed by atoms with Gasteiger partial charge in [-0.3, -0.25) is 4.79 Å². The molecule has 0 bridgehead atoms. The average Bonchev–Trinajstić information content (AvgIpc) is 2.86. The third-order valence-electron chi connectivity index (χ3n) is 2.42. The van der Waals surface area contributed by atoms with Crippen LogP contribution in [0.1, 0.15) is 16.1 Å². The lowest BCUT2D eigenvalue weighted by Gasteiger charge is -2.03. The summed E-state index contributed by atoms with van der Waals surface area (Å²) in [5.74, 6) is 1.03. The molecule has 0 spiro atoms. The molecule has 1 heterocycles. The highest BCUT2D eigenvalue weighted by molar-refractivity contribution is 9.11. The predicted molar refractivity (Wildman–Crippen MR) is 86.1 cm³/mol. The van der Waals surface area contributed by atoms with E-state index in [4.69, 9.17) is 0 Å². The zero-order chi connectivity index (χ0) is 13.5. The van der Waals surface area contributed by atoms with Crippen molar-refractivity contribution in [1.82, 2.24) is 5.32 Å². The Labute approximate surface area is 129 Å². The summed E-state index contributed by atoms with van der Waals surface area (Å²) in [6, 6.07) is 14.0. The van der Waals surface area contributed by atoms with E-state index in [9.17, 15) is 4.79 Å². The van der Waals surface area contributed by atoms with Crippen molar-refractivity contribution in [3.05, 3.63) is 51.1 Å². The molecule has 0 atom stereocenters. The molecule has 1 aromatic carbocycles. The first-order chi connectivity index (χ1) is 9.25. The van der Waals surface area contributed by atoms with Crippen LogP contribution < -0.4 is 5.32 Å². The van der Waals surface area contributed by atoms with Crippen LogP contribution in [0, 0.1) is 0 Å². The summed E-state index contributed by atoms with van der Waals surface area (Å²) in [6.07, 6.45) is 0.970. The molecule has 5 heteroatoms. The molecule has 100 valence electrons. The smallest absolute Gasteiger partial charge is 0.261 e. The third kappa shape index (κ3) is 5.01. The van der Waals surface area contributed by atoms with Crippen LogP contribution in [0.3, 0.4) is 0 Å². The second-order valence-electron chi connectivity index (χ2n) is 3.87. The van der Waals surface area contributed by atoms with Gasteiger partial charge in [-0.1, -0.05) is 18.2 Å². The van der Waals surface area contributed by atoms with Crippen LogP contribution in [0.15, 0.2) is 51.1 Å². The largest absolute Gasteiger partial charge is 0.351 e. The van der Waals surface area contributed by atoms with Gasteiger partial charge in [-0.25, -0.2) is 0 Å². The summed E-state index contributed by atoms with van der Waals surface area (Å²) in [5, 5.41) is 2.94. The molecule has 0 saturated heterocycles. The fourth-order valence-corrected chi connectivity index (χ4v) is 3.68. The fourth-order valence-electron chi connectivity index (χ4n) is 1.50. The van der Waals surface area contributed by atoms with Crippen molar-refractivity contribution in [3.63, 3.8) is 0 Å². The normalized spacial score (nSPS) is 10.4. The van der Waals surface area contributed by atoms with E-state index in [1.165, 1.54) is 16.2 Å². The molecule has 2 rings (SSSR count). The lowest BCUT2D eigenvalue weighted by atomic mass is 10.4. The monoisotopic (exact) mass is 355 g/mol. The number of carbonyl (C=O) groups excluding carboxylic acids is 1. The summed E-state index contributed by atoms with van der Waals surface area (Å²) in [6.45, 7) is 0.716. The highest BCUT2D eigenvalue weighted by atomic mass is 79.9. The van der Waals surface area contributed by atoms with E-state index in [0.717, 1.165) is 20.8 Å². The maximum Gasteiger partial charge on any atom is 0.261 e. The van der Waals surface area contributed by atoms with E-state index in [2.05, 4.69) is 33.4 Å². The van der Waals surface area contributed by atoms with Gasteiger partial charge < -0.3 is 5.32 Å². The summed E-state index contributed by atoms with van der Waals surface area (Å²) in [7, 11) is 0. The van der Waals surface area contributed by atoms with Gasteiger partial charge in [0.25, 0.3) is 5.91 Å². The number of thiophene rings is 1. The van der Waals surface area contributed by atoms with Crippen LogP contribution in [0.25, 0.3) is 0 Å². The van der Waals surface area contributed by atoms with Crippen LogP contribution in [0.5, 0.6) is 0 Å². The maximum absolute atomic E-state index is 11.8. The average molecular weight is 356 g/mol. The first kappa shape index (κ1) is 14.6. The molecule has 1 aromatic heterocycles. The number of benzene rings is 1. The first-order valence-corrected chi connectivity index (χ1v) is 8.56. The molecule has 0 saturated carbocycles. The summed E-state index contributed by atoms with van der Waals surface area (Å²) in [4.78, 5) is 13.8. The highest BCUT2D eigenvalue weighted by Crippen LogP contribution is 2.22. The number of halogens is 1. The molecule has 0 fully saturated rings. The Bertz CT molecular complexity index is 527. The SMILES string of the molecule is O=C(NCCCSc1ccccc1)c1ccc(Br)s1. The minimum absolute atomic E-state index is 0.0143. The highest BCUT2D eigenvalue weighted by Gasteiger charge is 2.07. The quantitative estimate of drug-likeness (QED) is 0.613. The minimum atomic E-state index is 0.0143. The standard InChI is InChI=1S/C14H14BrNOS2/c15-13-8-7-12(19-13)14(17)16-9-4-10-18-11-5-2-1-3-6-11/h1-3,5-8H,4,9-10H2,(H,16,17). The van der Waals surface area contributed by atoms with Crippen molar-refractivity contribution in [1.29, 1.82) is 0 Å². The van der Waals surface area contributed by atoms with Gasteiger partial charge in [0.2, 0.25) is 0 Å².